The van der Waals surface area contributed by atoms with E-state index in [1.165, 1.54) is 0 Å². The Morgan fingerprint density at radius 1 is 0.974 bits per heavy atom. The average molecular weight is 558 g/mol. The summed E-state index contributed by atoms with van der Waals surface area (Å²) in [4.78, 5) is 78.7. The number of urea groups is 1. The minimum Gasteiger partial charge on any atom is -0.394 e. The quantitative estimate of drug-likeness (QED) is 0.143. The standard InChI is InChI=1S/C19H31N11O9/c20-6-2-23-17(38)12(7-1-11(33)29-18(21)28-7)30-14(35)8(3-24-19(22)39)25-15(36)10(5-32)27-16(37)9(4-31)26-13(6)34/h3,6-7,9-12,31-33H,1-2,4-5,20H2,(H,23,38)(H,25,36)(H,26,34)(H,27,37)(H,30,35)(H3,21,28,29)(H3,22,24,39)/b8-3-. The fraction of sp³-hybridized carbons (Fsp3) is 0.526. The molecule has 6 unspecified atom stereocenters. The number of aliphatic hydroxyl groups excluding tert-OH is 3. The van der Waals surface area contributed by atoms with Crippen LogP contribution in [-0.4, -0.2) is 113 Å². The number of aliphatic imine (C=N–C) groups is 1. The summed E-state index contributed by atoms with van der Waals surface area (Å²) in [7, 11) is 0. The van der Waals surface area contributed by atoms with E-state index in [0.717, 1.165) is 0 Å². The maximum atomic E-state index is 13.1. The van der Waals surface area contributed by atoms with Crippen LogP contribution >= 0.6 is 0 Å². The van der Waals surface area contributed by atoms with Crippen LogP contribution in [0.1, 0.15) is 6.42 Å². The number of hydrogen-bond acceptors (Lipinski definition) is 13. The van der Waals surface area contributed by atoms with E-state index in [2.05, 4.69) is 36.9 Å². The lowest BCUT2D eigenvalue weighted by Crippen LogP contribution is -2.64. The SMILES string of the molecule is NC(=O)N/C=C1\NC(=O)C(CO)NC(=O)C(CO)NC(=O)C(N)CNC(=O)C(C2CC(O)N=C(N)N2)NC1=O. The summed E-state index contributed by atoms with van der Waals surface area (Å²) in [6.07, 6.45) is -0.868. The lowest BCUT2D eigenvalue weighted by atomic mass is 10.0. The molecule has 0 bridgehead atoms. The van der Waals surface area contributed by atoms with Crippen LogP contribution in [0, 0.1) is 0 Å². The van der Waals surface area contributed by atoms with Crippen molar-refractivity contribution in [3.63, 3.8) is 0 Å². The predicted molar refractivity (Wildman–Crippen MR) is 129 cm³/mol. The highest BCUT2D eigenvalue weighted by Gasteiger charge is 2.36. The number of carbonyl (C=O) groups excluding carboxylic acids is 6. The molecule has 2 aliphatic rings. The largest absolute Gasteiger partial charge is 0.394 e. The first kappa shape index (κ1) is 30.7. The minimum atomic E-state index is -1.71. The molecular weight excluding hydrogens is 526 g/mol. The van der Waals surface area contributed by atoms with E-state index >= 15 is 0 Å². The van der Waals surface area contributed by atoms with Crippen LogP contribution in [0.25, 0.3) is 0 Å². The van der Waals surface area contributed by atoms with E-state index < -0.39 is 97.5 Å². The van der Waals surface area contributed by atoms with E-state index in [4.69, 9.17) is 17.2 Å². The molecule has 20 heteroatoms. The first-order valence-corrected chi connectivity index (χ1v) is 11.4. The first-order chi connectivity index (χ1) is 18.4. The van der Waals surface area contributed by atoms with Gasteiger partial charge in [-0.1, -0.05) is 0 Å². The summed E-state index contributed by atoms with van der Waals surface area (Å²) in [6, 6.07) is -8.48. The number of primary amides is 1. The van der Waals surface area contributed by atoms with E-state index in [0.29, 0.717) is 6.20 Å². The molecule has 1 fully saturated rings. The van der Waals surface area contributed by atoms with Gasteiger partial charge in [-0.05, 0) is 0 Å². The smallest absolute Gasteiger partial charge is 0.316 e. The Balaban J connectivity index is 2.48. The van der Waals surface area contributed by atoms with Crippen molar-refractivity contribution >= 4 is 41.5 Å². The lowest BCUT2D eigenvalue weighted by Gasteiger charge is -2.32. The molecule has 2 rings (SSSR count). The third-order valence-corrected chi connectivity index (χ3v) is 5.38. The molecule has 20 nitrogen and oxygen atoms in total. The first-order valence-electron chi connectivity index (χ1n) is 11.4. The molecule has 0 aromatic rings. The number of amides is 7. The summed E-state index contributed by atoms with van der Waals surface area (Å²) < 4.78 is 0. The van der Waals surface area contributed by atoms with E-state index in [1.54, 1.807) is 0 Å². The van der Waals surface area contributed by atoms with Gasteiger partial charge < -0.3 is 69.7 Å². The second kappa shape index (κ2) is 13.9. The minimum absolute atomic E-state index is 0.215. The molecule has 0 aromatic heterocycles. The molecule has 0 saturated carbocycles. The van der Waals surface area contributed by atoms with Crippen molar-refractivity contribution in [3.8, 4) is 0 Å². The Bertz CT molecular complexity index is 1050. The van der Waals surface area contributed by atoms with Crippen LogP contribution in [0.5, 0.6) is 0 Å². The molecular formula is C19H31N11O9. The van der Waals surface area contributed by atoms with Gasteiger partial charge in [-0.15, -0.1) is 0 Å². The van der Waals surface area contributed by atoms with Crippen LogP contribution in [0.2, 0.25) is 0 Å². The third-order valence-electron chi connectivity index (χ3n) is 5.38. The van der Waals surface area contributed by atoms with Gasteiger partial charge in [0.15, 0.2) is 12.2 Å². The highest BCUT2D eigenvalue weighted by Crippen LogP contribution is 2.10. The molecule has 39 heavy (non-hydrogen) atoms. The van der Waals surface area contributed by atoms with Crippen LogP contribution in [-0.2, 0) is 24.0 Å². The Morgan fingerprint density at radius 3 is 2.18 bits per heavy atom. The van der Waals surface area contributed by atoms with Gasteiger partial charge in [0.2, 0.25) is 23.6 Å². The number of hydrogen-bond donors (Lipinski definition) is 13. The highest BCUT2D eigenvalue weighted by atomic mass is 16.3. The fourth-order valence-corrected chi connectivity index (χ4v) is 3.39. The number of aliphatic hydroxyl groups is 3. The Kier molecular flexibility index (Phi) is 10.9. The average Bonchev–Trinajstić information content (AvgIpc) is 2.87. The molecule has 2 heterocycles. The summed E-state index contributed by atoms with van der Waals surface area (Å²) in [5.74, 6) is -5.56. The van der Waals surface area contributed by atoms with Crippen LogP contribution in [0.15, 0.2) is 16.9 Å². The van der Waals surface area contributed by atoms with Crippen molar-refractivity contribution in [1.82, 2.24) is 37.2 Å². The summed E-state index contributed by atoms with van der Waals surface area (Å²) >= 11 is 0. The van der Waals surface area contributed by atoms with Crippen LogP contribution in [0.4, 0.5) is 4.79 Å². The maximum absolute atomic E-state index is 13.1. The number of carbonyl (C=O) groups is 6. The van der Waals surface area contributed by atoms with Gasteiger partial charge in [-0.2, -0.15) is 0 Å². The molecule has 0 aliphatic carbocycles. The van der Waals surface area contributed by atoms with Crippen molar-refractivity contribution in [3.05, 3.63) is 11.9 Å². The Hall–Kier alpha value is -4.53. The van der Waals surface area contributed by atoms with Crippen LogP contribution in [0.3, 0.4) is 0 Å². The molecule has 16 N–H and O–H groups in total. The summed E-state index contributed by atoms with van der Waals surface area (Å²) in [5.41, 5.74) is 15.8. The molecule has 7 amide bonds. The van der Waals surface area contributed by atoms with Crippen molar-refractivity contribution < 1.29 is 44.1 Å². The van der Waals surface area contributed by atoms with E-state index in [1.807, 2.05) is 5.32 Å². The fourth-order valence-electron chi connectivity index (χ4n) is 3.39. The molecule has 0 aromatic carbocycles. The second-order valence-electron chi connectivity index (χ2n) is 8.33. The molecule has 0 spiro atoms. The molecule has 6 atom stereocenters. The van der Waals surface area contributed by atoms with Gasteiger partial charge in [-0.3, -0.25) is 24.0 Å². The van der Waals surface area contributed by atoms with Gasteiger partial charge in [0.25, 0.3) is 5.91 Å². The topological polar surface area (TPSA) is 338 Å². The Morgan fingerprint density at radius 2 is 1.59 bits per heavy atom. The van der Waals surface area contributed by atoms with Gasteiger partial charge in [0, 0.05) is 19.2 Å². The summed E-state index contributed by atoms with van der Waals surface area (Å²) in [6.45, 7) is -2.42. The monoisotopic (exact) mass is 557 g/mol. The summed E-state index contributed by atoms with van der Waals surface area (Å²) in [5, 5.41) is 44.7. The maximum Gasteiger partial charge on any atom is 0.316 e. The zero-order valence-corrected chi connectivity index (χ0v) is 20.3. The Labute approximate surface area is 220 Å². The van der Waals surface area contributed by atoms with Gasteiger partial charge in [-0.25, -0.2) is 9.79 Å². The lowest BCUT2D eigenvalue weighted by molar-refractivity contribution is -0.134. The van der Waals surface area contributed by atoms with E-state index in [-0.39, 0.29) is 12.4 Å². The van der Waals surface area contributed by atoms with Crippen molar-refractivity contribution in [2.45, 2.75) is 42.9 Å². The van der Waals surface area contributed by atoms with Gasteiger partial charge in [0.05, 0.1) is 19.3 Å². The van der Waals surface area contributed by atoms with E-state index in [9.17, 15) is 44.1 Å². The van der Waals surface area contributed by atoms with Crippen molar-refractivity contribution in [2.75, 3.05) is 19.8 Å². The van der Waals surface area contributed by atoms with Gasteiger partial charge in [0.1, 0.15) is 29.9 Å². The van der Waals surface area contributed by atoms with Crippen LogP contribution < -0.4 is 54.4 Å². The zero-order valence-electron chi connectivity index (χ0n) is 20.3. The number of guanidine groups is 1. The van der Waals surface area contributed by atoms with Crippen molar-refractivity contribution in [2.24, 2.45) is 22.2 Å². The molecule has 0 radical (unpaired) electrons. The van der Waals surface area contributed by atoms with Gasteiger partial charge >= 0.3 is 6.03 Å². The third kappa shape index (κ3) is 8.77. The number of nitrogens with two attached hydrogens (primary N) is 3. The number of nitrogens with zero attached hydrogens (tertiary/aromatic N) is 1. The second-order valence-corrected chi connectivity index (χ2v) is 8.33. The predicted octanol–water partition coefficient (Wildman–Crippen LogP) is -8.50. The highest BCUT2D eigenvalue weighted by molar-refractivity contribution is 6.02. The molecule has 1 saturated heterocycles. The molecule has 2 aliphatic heterocycles. The number of nitrogens with one attached hydrogen (secondary N) is 7. The zero-order chi connectivity index (χ0) is 29.3. The number of rotatable bonds is 4. The molecule has 216 valence electrons. The normalized spacial score (nSPS) is 30.5. The van der Waals surface area contributed by atoms with Crippen molar-refractivity contribution in [1.29, 1.82) is 0 Å².